The fraction of sp³-hybridized carbons (Fsp3) is 0.375. The van der Waals surface area contributed by atoms with Crippen molar-refractivity contribution in [2.45, 2.75) is 32.3 Å². The zero-order valence-electron chi connectivity index (χ0n) is 12.1. The van der Waals surface area contributed by atoms with Crippen LogP contribution >= 0.6 is 0 Å². The maximum Gasteiger partial charge on any atom is 0.251 e. The third-order valence-electron chi connectivity index (χ3n) is 3.78. The van der Waals surface area contributed by atoms with Crippen LogP contribution in [0.3, 0.4) is 0 Å². The fourth-order valence-corrected chi connectivity index (χ4v) is 2.40. The summed E-state index contributed by atoms with van der Waals surface area (Å²) in [6.07, 6.45) is 1.50. The van der Waals surface area contributed by atoms with Gasteiger partial charge >= 0.3 is 0 Å². The van der Waals surface area contributed by atoms with Gasteiger partial charge < -0.3 is 9.72 Å². The minimum absolute atomic E-state index is 0.155. The summed E-state index contributed by atoms with van der Waals surface area (Å²) in [6.45, 7) is 4.06. The third kappa shape index (κ3) is 2.65. The molecule has 0 spiro atoms. The minimum Gasteiger partial charge on any atom is -0.370 e. The molecule has 4 heteroatoms. The number of methoxy groups -OCH3 is 1. The quantitative estimate of drug-likeness (QED) is 0.910. The molecule has 2 rings (SSSR count). The Morgan fingerprint density at radius 3 is 2.40 bits per heavy atom. The molecule has 0 fully saturated rings. The summed E-state index contributed by atoms with van der Waals surface area (Å²) < 4.78 is 5.64. The number of hydrogen-bond acceptors (Lipinski definition) is 3. The summed E-state index contributed by atoms with van der Waals surface area (Å²) >= 11 is 0. The van der Waals surface area contributed by atoms with Crippen LogP contribution in [0.1, 0.15) is 32.5 Å². The molecule has 4 nitrogen and oxygen atoms in total. The third-order valence-corrected chi connectivity index (χ3v) is 3.78. The molecular formula is C16H20N2O2. The second kappa shape index (κ2) is 6.01. The molecule has 1 heterocycles. The van der Waals surface area contributed by atoms with Crippen molar-refractivity contribution in [1.82, 2.24) is 9.97 Å². The zero-order valence-corrected chi connectivity index (χ0v) is 12.1. The number of benzene rings is 1. The number of nitrogens with zero attached hydrogens (tertiary/aromatic N) is 1. The lowest BCUT2D eigenvalue weighted by atomic mass is 9.95. The Bertz CT molecular complexity index is 608. The average Bonchev–Trinajstić information content (AvgIpc) is 2.50. The van der Waals surface area contributed by atoms with E-state index in [2.05, 4.69) is 9.97 Å². The van der Waals surface area contributed by atoms with E-state index in [0.717, 1.165) is 18.4 Å². The van der Waals surface area contributed by atoms with Crippen molar-refractivity contribution in [3.63, 3.8) is 0 Å². The summed E-state index contributed by atoms with van der Waals surface area (Å²) in [5.41, 5.74) is 0.908. The molecule has 0 radical (unpaired) electrons. The standard InChI is InChI=1S/C16H20N2O2/c1-4-16(5-2,20-3)15-17-13(11-14(19)18-15)12-9-7-6-8-10-12/h6-11H,4-5H2,1-3H3,(H,17,18,19). The smallest absolute Gasteiger partial charge is 0.251 e. The number of aromatic amines is 1. The van der Waals surface area contributed by atoms with Crippen molar-refractivity contribution in [2.24, 2.45) is 0 Å². The molecule has 0 aliphatic heterocycles. The first-order valence-corrected chi connectivity index (χ1v) is 6.87. The molecule has 0 bridgehead atoms. The highest BCUT2D eigenvalue weighted by Gasteiger charge is 2.31. The Morgan fingerprint density at radius 1 is 1.20 bits per heavy atom. The van der Waals surface area contributed by atoms with E-state index < -0.39 is 5.60 Å². The van der Waals surface area contributed by atoms with Crippen molar-refractivity contribution in [3.05, 3.63) is 52.6 Å². The van der Waals surface area contributed by atoms with Gasteiger partial charge in [0, 0.05) is 18.7 Å². The van der Waals surface area contributed by atoms with Crippen LogP contribution in [-0.2, 0) is 10.3 Å². The van der Waals surface area contributed by atoms with Crippen LogP contribution in [0.15, 0.2) is 41.2 Å². The van der Waals surface area contributed by atoms with Gasteiger partial charge in [0.2, 0.25) is 0 Å². The molecule has 0 atom stereocenters. The fourth-order valence-electron chi connectivity index (χ4n) is 2.40. The van der Waals surface area contributed by atoms with Crippen molar-refractivity contribution in [3.8, 4) is 11.3 Å². The van der Waals surface area contributed by atoms with E-state index in [1.807, 2.05) is 44.2 Å². The molecule has 1 N–H and O–H groups in total. The number of aromatic nitrogens is 2. The zero-order chi connectivity index (χ0) is 14.6. The van der Waals surface area contributed by atoms with Gasteiger partial charge in [0.05, 0.1) is 5.69 Å². The van der Waals surface area contributed by atoms with Crippen LogP contribution in [0, 0.1) is 0 Å². The van der Waals surface area contributed by atoms with Crippen molar-refractivity contribution < 1.29 is 4.74 Å². The van der Waals surface area contributed by atoms with E-state index in [0.29, 0.717) is 11.5 Å². The van der Waals surface area contributed by atoms with Gasteiger partial charge in [-0.2, -0.15) is 0 Å². The molecule has 1 aromatic carbocycles. The number of ether oxygens (including phenoxy) is 1. The van der Waals surface area contributed by atoms with Gasteiger partial charge in [-0.3, -0.25) is 4.79 Å². The molecule has 1 aromatic heterocycles. The normalized spacial score (nSPS) is 11.6. The number of nitrogens with one attached hydrogen (secondary N) is 1. The Balaban J connectivity index is 2.57. The second-order valence-corrected chi connectivity index (χ2v) is 4.75. The number of hydrogen-bond donors (Lipinski definition) is 1. The topological polar surface area (TPSA) is 55.0 Å². The number of rotatable bonds is 5. The highest BCUT2D eigenvalue weighted by Crippen LogP contribution is 2.30. The van der Waals surface area contributed by atoms with E-state index in [4.69, 9.17) is 4.74 Å². The van der Waals surface area contributed by atoms with Crippen molar-refractivity contribution >= 4 is 0 Å². The molecule has 2 aromatic rings. The maximum absolute atomic E-state index is 11.9. The van der Waals surface area contributed by atoms with Gasteiger partial charge in [-0.05, 0) is 12.8 Å². The first-order valence-electron chi connectivity index (χ1n) is 6.87. The van der Waals surface area contributed by atoms with E-state index in [9.17, 15) is 4.79 Å². The number of H-pyrrole nitrogens is 1. The largest absolute Gasteiger partial charge is 0.370 e. The molecule has 0 aliphatic rings. The molecule has 0 aliphatic carbocycles. The van der Waals surface area contributed by atoms with Crippen LogP contribution in [0.2, 0.25) is 0 Å². The monoisotopic (exact) mass is 272 g/mol. The van der Waals surface area contributed by atoms with Gasteiger partial charge in [-0.25, -0.2) is 4.98 Å². The Kier molecular flexibility index (Phi) is 4.35. The predicted octanol–water partition coefficient (Wildman–Crippen LogP) is 3.10. The van der Waals surface area contributed by atoms with Gasteiger partial charge in [0.25, 0.3) is 5.56 Å². The van der Waals surface area contributed by atoms with E-state index >= 15 is 0 Å². The van der Waals surface area contributed by atoms with Crippen LogP contribution in [0.5, 0.6) is 0 Å². The lowest BCUT2D eigenvalue weighted by Crippen LogP contribution is -2.32. The van der Waals surface area contributed by atoms with Crippen molar-refractivity contribution in [1.29, 1.82) is 0 Å². The van der Waals surface area contributed by atoms with E-state index in [1.54, 1.807) is 7.11 Å². The highest BCUT2D eigenvalue weighted by atomic mass is 16.5. The van der Waals surface area contributed by atoms with Gasteiger partial charge in [0.1, 0.15) is 11.4 Å². The van der Waals surface area contributed by atoms with Crippen LogP contribution in [0.4, 0.5) is 0 Å². The summed E-state index contributed by atoms with van der Waals surface area (Å²) in [4.78, 5) is 19.4. The SMILES string of the molecule is CCC(CC)(OC)c1nc(-c2ccccc2)cc(=O)[nH]1. The van der Waals surface area contributed by atoms with Gasteiger partial charge in [-0.15, -0.1) is 0 Å². The average molecular weight is 272 g/mol. The Hall–Kier alpha value is -1.94. The molecule has 0 saturated heterocycles. The minimum atomic E-state index is -0.538. The molecule has 0 saturated carbocycles. The van der Waals surface area contributed by atoms with Crippen LogP contribution in [-0.4, -0.2) is 17.1 Å². The maximum atomic E-state index is 11.9. The second-order valence-electron chi connectivity index (χ2n) is 4.75. The Morgan fingerprint density at radius 2 is 1.85 bits per heavy atom. The molecule has 0 amide bonds. The van der Waals surface area contributed by atoms with Gasteiger partial charge in [0.15, 0.2) is 0 Å². The lowest BCUT2D eigenvalue weighted by molar-refractivity contribution is -0.0292. The first kappa shape index (κ1) is 14.5. The molecule has 20 heavy (non-hydrogen) atoms. The van der Waals surface area contributed by atoms with Crippen LogP contribution in [0.25, 0.3) is 11.3 Å². The summed E-state index contributed by atoms with van der Waals surface area (Å²) in [5, 5.41) is 0. The van der Waals surface area contributed by atoms with Gasteiger partial charge in [-0.1, -0.05) is 44.2 Å². The van der Waals surface area contributed by atoms with E-state index in [-0.39, 0.29) is 5.56 Å². The van der Waals surface area contributed by atoms with E-state index in [1.165, 1.54) is 6.07 Å². The van der Waals surface area contributed by atoms with Crippen molar-refractivity contribution in [2.75, 3.05) is 7.11 Å². The summed E-state index contributed by atoms with van der Waals surface area (Å²) in [7, 11) is 1.65. The summed E-state index contributed by atoms with van der Waals surface area (Å²) in [5.74, 6) is 0.594. The van der Waals surface area contributed by atoms with Crippen LogP contribution < -0.4 is 5.56 Å². The predicted molar refractivity (Wildman–Crippen MR) is 79.6 cm³/mol. The summed E-state index contributed by atoms with van der Waals surface area (Å²) in [6, 6.07) is 11.2. The Labute approximate surface area is 118 Å². The lowest BCUT2D eigenvalue weighted by Gasteiger charge is -2.29. The first-order chi connectivity index (χ1) is 9.65. The molecule has 106 valence electrons. The molecule has 0 unspecified atom stereocenters. The highest BCUT2D eigenvalue weighted by molar-refractivity contribution is 5.58. The molecular weight excluding hydrogens is 252 g/mol.